The fourth-order valence-electron chi connectivity index (χ4n) is 2.17. The van der Waals surface area contributed by atoms with E-state index < -0.39 is 5.97 Å². The van der Waals surface area contributed by atoms with Gasteiger partial charge in [-0.25, -0.2) is 0 Å². The third kappa shape index (κ3) is 4.49. The minimum Gasteiger partial charge on any atom is -0.481 e. The Kier molecular flexibility index (Phi) is 6.49. The van der Waals surface area contributed by atoms with E-state index in [0.29, 0.717) is 19.0 Å². The highest BCUT2D eigenvalue weighted by Crippen LogP contribution is 2.22. The maximum atomic E-state index is 10.6. The molecule has 0 radical (unpaired) electrons. The smallest absolute Gasteiger partial charge is 0.303 e. The molecule has 1 aromatic rings. The maximum absolute atomic E-state index is 10.6. The first kappa shape index (κ1) is 17.0. The van der Waals surface area contributed by atoms with Crippen molar-refractivity contribution in [1.29, 1.82) is 0 Å². The number of aliphatic carboxylic acids is 1. The minimum atomic E-state index is -0.749. The summed E-state index contributed by atoms with van der Waals surface area (Å²) in [6.45, 7) is 10.4. The second-order valence-electron chi connectivity index (χ2n) is 5.22. The number of carboxylic acids is 1. The second-order valence-corrected chi connectivity index (χ2v) is 5.60. The zero-order chi connectivity index (χ0) is 15.3. The van der Waals surface area contributed by atoms with Crippen LogP contribution in [-0.4, -0.2) is 38.3 Å². The lowest BCUT2D eigenvalue weighted by atomic mass is 10.2. The number of halogens is 1. The Bertz CT molecular complexity index is 458. The van der Waals surface area contributed by atoms with E-state index in [0.717, 1.165) is 29.5 Å². The molecule has 1 heterocycles. The molecule has 20 heavy (non-hydrogen) atoms. The summed E-state index contributed by atoms with van der Waals surface area (Å²) in [5.74, 6) is -0.749. The third-order valence-electron chi connectivity index (χ3n) is 3.37. The summed E-state index contributed by atoms with van der Waals surface area (Å²) in [7, 11) is 0. The van der Waals surface area contributed by atoms with Crippen LogP contribution in [0, 0.1) is 6.92 Å². The van der Waals surface area contributed by atoms with Gasteiger partial charge in [0.2, 0.25) is 0 Å². The molecule has 0 aromatic carbocycles. The molecule has 1 aromatic heterocycles. The molecule has 0 saturated carbocycles. The van der Waals surface area contributed by atoms with Crippen LogP contribution in [-0.2, 0) is 17.9 Å². The summed E-state index contributed by atoms with van der Waals surface area (Å²) >= 11 is 6.32. The molecule has 0 unspecified atom stereocenters. The van der Waals surface area contributed by atoms with Gasteiger partial charge in [-0.3, -0.25) is 14.4 Å². The standard InChI is InChI=1S/C14H24ClN3O2/c1-5-18-12(14(15)11(4)16-18)9-17(10(2)3)8-6-7-13(19)20/h10H,5-9H2,1-4H3,(H,19,20). The molecule has 0 saturated heterocycles. The molecule has 0 fully saturated rings. The SMILES string of the molecule is CCn1nc(C)c(Cl)c1CN(CCCC(=O)O)C(C)C. The van der Waals surface area contributed by atoms with E-state index in [1.807, 2.05) is 18.5 Å². The van der Waals surface area contributed by atoms with E-state index in [-0.39, 0.29) is 6.42 Å². The van der Waals surface area contributed by atoms with E-state index in [1.165, 1.54) is 0 Å². The van der Waals surface area contributed by atoms with Gasteiger partial charge < -0.3 is 5.11 Å². The molecule has 0 aliphatic carbocycles. The van der Waals surface area contributed by atoms with Crippen LogP contribution in [0.1, 0.15) is 45.0 Å². The summed E-state index contributed by atoms with van der Waals surface area (Å²) < 4.78 is 1.92. The lowest BCUT2D eigenvalue weighted by Crippen LogP contribution is -2.32. The molecule has 0 atom stereocenters. The van der Waals surface area contributed by atoms with Crippen molar-refractivity contribution in [3.05, 3.63) is 16.4 Å². The average molecular weight is 302 g/mol. The number of aryl methyl sites for hydroxylation is 2. The van der Waals surface area contributed by atoms with Crippen LogP contribution in [0.5, 0.6) is 0 Å². The molecular formula is C14H24ClN3O2. The fourth-order valence-corrected chi connectivity index (χ4v) is 2.36. The van der Waals surface area contributed by atoms with Gasteiger partial charge in [0.05, 0.1) is 16.4 Å². The number of nitrogens with zero attached hydrogens (tertiary/aromatic N) is 3. The molecule has 0 aliphatic heterocycles. The number of carbonyl (C=O) groups is 1. The molecule has 1 rings (SSSR count). The van der Waals surface area contributed by atoms with Crippen molar-refractivity contribution >= 4 is 17.6 Å². The molecule has 6 heteroatoms. The predicted octanol–water partition coefficient (Wildman–Crippen LogP) is 2.94. The highest BCUT2D eigenvalue weighted by molar-refractivity contribution is 6.31. The van der Waals surface area contributed by atoms with E-state index in [9.17, 15) is 4.79 Å². The van der Waals surface area contributed by atoms with Gasteiger partial charge in [0.15, 0.2) is 0 Å². The molecule has 0 aliphatic rings. The normalized spacial score (nSPS) is 11.6. The third-order valence-corrected chi connectivity index (χ3v) is 3.86. The van der Waals surface area contributed by atoms with Crippen LogP contribution < -0.4 is 0 Å². The van der Waals surface area contributed by atoms with Gasteiger partial charge >= 0.3 is 5.97 Å². The Morgan fingerprint density at radius 1 is 1.50 bits per heavy atom. The van der Waals surface area contributed by atoms with Crippen molar-refractivity contribution in [2.45, 2.75) is 59.7 Å². The van der Waals surface area contributed by atoms with Crippen LogP contribution in [0.15, 0.2) is 0 Å². The van der Waals surface area contributed by atoms with Gasteiger partial charge in [-0.15, -0.1) is 0 Å². The summed E-state index contributed by atoms with van der Waals surface area (Å²) in [5.41, 5.74) is 1.86. The first-order valence-electron chi connectivity index (χ1n) is 7.04. The molecule has 0 bridgehead atoms. The molecule has 0 spiro atoms. The first-order valence-corrected chi connectivity index (χ1v) is 7.42. The van der Waals surface area contributed by atoms with Crippen LogP contribution >= 0.6 is 11.6 Å². The van der Waals surface area contributed by atoms with E-state index in [4.69, 9.17) is 16.7 Å². The van der Waals surface area contributed by atoms with Gasteiger partial charge in [-0.2, -0.15) is 5.10 Å². The molecule has 0 amide bonds. The monoisotopic (exact) mass is 301 g/mol. The molecule has 114 valence electrons. The number of carboxylic acid groups (broad SMARTS) is 1. The highest BCUT2D eigenvalue weighted by atomic mass is 35.5. The van der Waals surface area contributed by atoms with Crippen LogP contribution in [0.3, 0.4) is 0 Å². The van der Waals surface area contributed by atoms with Gasteiger partial charge in [-0.05, 0) is 40.7 Å². The maximum Gasteiger partial charge on any atom is 0.303 e. The first-order chi connectivity index (χ1) is 9.36. The summed E-state index contributed by atoms with van der Waals surface area (Å²) in [6.07, 6.45) is 0.841. The summed E-state index contributed by atoms with van der Waals surface area (Å²) in [4.78, 5) is 12.8. The lowest BCUT2D eigenvalue weighted by Gasteiger charge is -2.26. The van der Waals surface area contributed by atoms with Gasteiger partial charge in [0.1, 0.15) is 0 Å². The van der Waals surface area contributed by atoms with Crippen LogP contribution in [0.25, 0.3) is 0 Å². The van der Waals surface area contributed by atoms with Gasteiger partial charge in [0, 0.05) is 25.6 Å². The quantitative estimate of drug-likeness (QED) is 0.802. The van der Waals surface area contributed by atoms with Crippen molar-refractivity contribution in [1.82, 2.24) is 14.7 Å². The lowest BCUT2D eigenvalue weighted by molar-refractivity contribution is -0.137. The van der Waals surface area contributed by atoms with Gasteiger partial charge in [0.25, 0.3) is 0 Å². The Morgan fingerprint density at radius 2 is 2.15 bits per heavy atom. The Labute approximate surface area is 125 Å². The van der Waals surface area contributed by atoms with Crippen molar-refractivity contribution in [2.75, 3.05) is 6.54 Å². The molecular weight excluding hydrogens is 278 g/mol. The Balaban J connectivity index is 2.77. The number of hydrogen-bond acceptors (Lipinski definition) is 3. The van der Waals surface area contributed by atoms with Crippen molar-refractivity contribution in [3.63, 3.8) is 0 Å². The van der Waals surface area contributed by atoms with E-state index in [2.05, 4.69) is 23.8 Å². The van der Waals surface area contributed by atoms with Crippen LogP contribution in [0.2, 0.25) is 5.02 Å². The Morgan fingerprint density at radius 3 is 2.65 bits per heavy atom. The average Bonchev–Trinajstić information content (AvgIpc) is 2.64. The summed E-state index contributed by atoms with van der Waals surface area (Å²) in [5, 5.41) is 13.9. The van der Waals surface area contributed by atoms with Crippen molar-refractivity contribution in [3.8, 4) is 0 Å². The predicted molar refractivity (Wildman–Crippen MR) is 80.1 cm³/mol. The van der Waals surface area contributed by atoms with E-state index in [1.54, 1.807) is 0 Å². The number of rotatable bonds is 8. The van der Waals surface area contributed by atoms with E-state index >= 15 is 0 Å². The zero-order valence-corrected chi connectivity index (χ0v) is 13.4. The van der Waals surface area contributed by atoms with Crippen molar-refractivity contribution < 1.29 is 9.90 Å². The minimum absolute atomic E-state index is 0.197. The zero-order valence-electron chi connectivity index (χ0n) is 12.7. The molecule has 5 nitrogen and oxygen atoms in total. The number of aromatic nitrogens is 2. The largest absolute Gasteiger partial charge is 0.481 e. The Hall–Kier alpha value is -1.07. The topological polar surface area (TPSA) is 58.4 Å². The van der Waals surface area contributed by atoms with Crippen molar-refractivity contribution in [2.24, 2.45) is 0 Å². The molecule has 1 N–H and O–H groups in total. The van der Waals surface area contributed by atoms with Crippen LogP contribution in [0.4, 0.5) is 0 Å². The summed E-state index contributed by atoms with van der Waals surface area (Å²) in [6, 6.07) is 0.334. The fraction of sp³-hybridized carbons (Fsp3) is 0.714. The number of hydrogen-bond donors (Lipinski definition) is 1. The second kappa shape index (κ2) is 7.64. The van der Waals surface area contributed by atoms with Gasteiger partial charge in [-0.1, -0.05) is 11.6 Å². The highest BCUT2D eigenvalue weighted by Gasteiger charge is 2.18.